The summed E-state index contributed by atoms with van der Waals surface area (Å²) < 4.78 is 0. The van der Waals surface area contributed by atoms with Crippen LogP contribution in [0.5, 0.6) is 0 Å². The van der Waals surface area contributed by atoms with Crippen LogP contribution in [0.15, 0.2) is 24.3 Å². The SMILES string of the molecule is Cc1ccccc1CC(=O)Nc1sc2c(c1C(N)=O)CCC2. The number of carbonyl (C=O) groups is 2. The number of thiophene rings is 1. The van der Waals surface area contributed by atoms with E-state index in [0.29, 0.717) is 17.0 Å². The Morgan fingerprint density at radius 3 is 2.77 bits per heavy atom. The van der Waals surface area contributed by atoms with E-state index >= 15 is 0 Å². The van der Waals surface area contributed by atoms with Gasteiger partial charge in [-0.3, -0.25) is 9.59 Å². The van der Waals surface area contributed by atoms with Crippen LogP contribution in [0.1, 0.15) is 38.3 Å². The first-order valence-corrected chi connectivity index (χ1v) is 8.16. The second-order valence-electron chi connectivity index (χ2n) is 5.58. The van der Waals surface area contributed by atoms with E-state index in [0.717, 1.165) is 36.0 Å². The molecule has 5 heteroatoms. The molecule has 3 N–H and O–H groups in total. The van der Waals surface area contributed by atoms with Crippen molar-refractivity contribution in [2.24, 2.45) is 5.73 Å². The monoisotopic (exact) mass is 314 g/mol. The van der Waals surface area contributed by atoms with Gasteiger partial charge in [0.1, 0.15) is 5.00 Å². The lowest BCUT2D eigenvalue weighted by molar-refractivity contribution is -0.115. The third-order valence-electron chi connectivity index (χ3n) is 4.03. The predicted octanol–water partition coefficient (Wildman–Crippen LogP) is 2.83. The highest BCUT2D eigenvalue weighted by Gasteiger charge is 2.26. The Morgan fingerprint density at radius 2 is 2.05 bits per heavy atom. The fourth-order valence-electron chi connectivity index (χ4n) is 2.91. The highest BCUT2D eigenvalue weighted by molar-refractivity contribution is 7.17. The van der Waals surface area contributed by atoms with Crippen LogP contribution < -0.4 is 11.1 Å². The molecule has 1 aliphatic rings. The van der Waals surface area contributed by atoms with E-state index in [-0.39, 0.29) is 5.91 Å². The average Bonchev–Trinajstić information content (AvgIpc) is 3.01. The molecule has 0 saturated carbocycles. The number of hydrogen-bond donors (Lipinski definition) is 2. The third kappa shape index (κ3) is 2.76. The Morgan fingerprint density at radius 1 is 1.27 bits per heavy atom. The molecule has 0 unspecified atom stereocenters. The van der Waals surface area contributed by atoms with Crippen molar-refractivity contribution in [2.45, 2.75) is 32.6 Å². The van der Waals surface area contributed by atoms with Crippen LogP contribution >= 0.6 is 11.3 Å². The fraction of sp³-hybridized carbons (Fsp3) is 0.294. The van der Waals surface area contributed by atoms with Crippen LogP contribution in [-0.2, 0) is 24.1 Å². The van der Waals surface area contributed by atoms with Crippen LogP contribution in [0.2, 0.25) is 0 Å². The summed E-state index contributed by atoms with van der Waals surface area (Å²) in [6, 6.07) is 7.80. The van der Waals surface area contributed by atoms with Crippen LogP contribution in [0.4, 0.5) is 5.00 Å². The minimum Gasteiger partial charge on any atom is -0.365 e. The maximum Gasteiger partial charge on any atom is 0.251 e. The zero-order valence-corrected chi connectivity index (χ0v) is 13.3. The van der Waals surface area contributed by atoms with Gasteiger partial charge in [0.15, 0.2) is 0 Å². The molecule has 4 nitrogen and oxygen atoms in total. The minimum atomic E-state index is -0.453. The average molecular weight is 314 g/mol. The number of carbonyl (C=O) groups excluding carboxylic acids is 2. The summed E-state index contributed by atoms with van der Waals surface area (Å²) in [5.41, 5.74) is 9.12. The zero-order chi connectivity index (χ0) is 15.7. The second kappa shape index (κ2) is 5.93. The standard InChI is InChI=1S/C17H18N2O2S/c1-10-5-2-3-6-11(10)9-14(20)19-17-15(16(18)21)12-7-4-8-13(12)22-17/h2-3,5-6H,4,7-9H2,1H3,(H2,18,21)(H,19,20). The van der Waals surface area contributed by atoms with E-state index in [4.69, 9.17) is 5.73 Å². The van der Waals surface area contributed by atoms with Gasteiger partial charge in [-0.2, -0.15) is 0 Å². The van der Waals surface area contributed by atoms with E-state index < -0.39 is 5.91 Å². The molecule has 22 heavy (non-hydrogen) atoms. The summed E-state index contributed by atoms with van der Waals surface area (Å²) >= 11 is 1.49. The van der Waals surface area contributed by atoms with Gasteiger partial charge < -0.3 is 11.1 Å². The highest BCUT2D eigenvalue weighted by atomic mass is 32.1. The van der Waals surface area contributed by atoms with E-state index in [9.17, 15) is 9.59 Å². The molecule has 0 spiro atoms. The summed E-state index contributed by atoms with van der Waals surface area (Å²) in [5, 5.41) is 3.48. The summed E-state index contributed by atoms with van der Waals surface area (Å²) in [5.74, 6) is -0.567. The number of rotatable bonds is 4. The smallest absolute Gasteiger partial charge is 0.251 e. The Kier molecular flexibility index (Phi) is 3.98. The Hall–Kier alpha value is -2.14. The Bertz CT molecular complexity index is 749. The van der Waals surface area contributed by atoms with Crippen molar-refractivity contribution in [1.29, 1.82) is 0 Å². The van der Waals surface area contributed by atoms with E-state index in [2.05, 4.69) is 5.32 Å². The number of aryl methyl sites for hydroxylation is 2. The molecule has 0 atom stereocenters. The molecule has 1 aromatic heterocycles. The summed E-state index contributed by atoms with van der Waals surface area (Å²) in [6.45, 7) is 1.98. The molecular formula is C17H18N2O2S. The molecule has 0 saturated heterocycles. The van der Waals surface area contributed by atoms with Crippen molar-refractivity contribution >= 4 is 28.2 Å². The van der Waals surface area contributed by atoms with Gasteiger partial charge in [-0.05, 0) is 42.9 Å². The van der Waals surface area contributed by atoms with Gasteiger partial charge in [0.25, 0.3) is 5.91 Å². The maximum absolute atomic E-state index is 12.3. The molecule has 2 amide bonds. The van der Waals surface area contributed by atoms with Gasteiger partial charge in [-0.15, -0.1) is 11.3 Å². The van der Waals surface area contributed by atoms with Gasteiger partial charge in [0, 0.05) is 4.88 Å². The second-order valence-corrected chi connectivity index (χ2v) is 6.68. The third-order valence-corrected chi connectivity index (χ3v) is 5.24. The molecule has 3 rings (SSSR count). The first-order valence-electron chi connectivity index (χ1n) is 7.35. The normalized spacial score (nSPS) is 13.0. The molecule has 1 aromatic carbocycles. The number of nitrogens with two attached hydrogens (primary N) is 1. The molecule has 0 fully saturated rings. The van der Waals surface area contributed by atoms with Crippen molar-refractivity contribution in [2.75, 3.05) is 5.32 Å². The van der Waals surface area contributed by atoms with Gasteiger partial charge in [-0.1, -0.05) is 24.3 Å². The summed E-state index contributed by atoms with van der Waals surface area (Å²) in [4.78, 5) is 25.2. The van der Waals surface area contributed by atoms with Crippen molar-refractivity contribution < 1.29 is 9.59 Å². The van der Waals surface area contributed by atoms with Crippen LogP contribution in [-0.4, -0.2) is 11.8 Å². The van der Waals surface area contributed by atoms with Gasteiger partial charge in [0.2, 0.25) is 5.91 Å². The number of nitrogens with one attached hydrogen (secondary N) is 1. The molecule has 0 aliphatic heterocycles. The van der Waals surface area contributed by atoms with Gasteiger partial charge in [0.05, 0.1) is 12.0 Å². The predicted molar refractivity (Wildman–Crippen MR) is 88.4 cm³/mol. The molecular weight excluding hydrogens is 296 g/mol. The lowest BCUT2D eigenvalue weighted by Gasteiger charge is -2.07. The number of benzene rings is 1. The molecule has 114 valence electrons. The quantitative estimate of drug-likeness (QED) is 0.911. The number of hydrogen-bond acceptors (Lipinski definition) is 3. The van der Waals surface area contributed by atoms with Crippen molar-refractivity contribution in [3.63, 3.8) is 0 Å². The first kappa shape index (κ1) is 14.8. The molecule has 1 heterocycles. The lowest BCUT2D eigenvalue weighted by Crippen LogP contribution is -2.19. The minimum absolute atomic E-state index is 0.114. The van der Waals surface area contributed by atoms with Gasteiger partial charge >= 0.3 is 0 Å². The van der Waals surface area contributed by atoms with Crippen molar-refractivity contribution in [1.82, 2.24) is 0 Å². The molecule has 1 aliphatic carbocycles. The Labute approximate surface area is 133 Å². The van der Waals surface area contributed by atoms with Crippen molar-refractivity contribution in [3.8, 4) is 0 Å². The van der Waals surface area contributed by atoms with Crippen molar-refractivity contribution in [3.05, 3.63) is 51.4 Å². The molecule has 0 radical (unpaired) electrons. The molecule has 2 aromatic rings. The van der Waals surface area contributed by atoms with E-state index in [1.807, 2.05) is 31.2 Å². The number of fused-ring (bicyclic) bond motifs is 1. The van der Waals surface area contributed by atoms with Crippen LogP contribution in [0, 0.1) is 6.92 Å². The largest absolute Gasteiger partial charge is 0.365 e. The number of anilines is 1. The van der Waals surface area contributed by atoms with E-state index in [1.165, 1.54) is 16.2 Å². The fourth-order valence-corrected chi connectivity index (χ4v) is 4.22. The summed E-state index contributed by atoms with van der Waals surface area (Å²) in [7, 11) is 0. The Balaban J connectivity index is 1.80. The maximum atomic E-state index is 12.3. The van der Waals surface area contributed by atoms with Crippen LogP contribution in [0.3, 0.4) is 0 Å². The van der Waals surface area contributed by atoms with Crippen LogP contribution in [0.25, 0.3) is 0 Å². The first-order chi connectivity index (χ1) is 10.6. The zero-order valence-electron chi connectivity index (χ0n) is 12.4. The number of amides is 2. The summed E-state index contributed by atoms with van der Waals surface area (Å²) in [6.07, 6.45) is 3.19. The highest BCUT2D eigenvalue weighted by Crippen LogP contribution is 2.38. The van der Waals surface area contributed by atoms with Gasteiger partial charge in [-0.25, -0.2) is 0 Å². The lowest BCUT2D eigenvalue weighted by atomic mass is 10.1. The number of primary amides is 1. The topological polar surface area (TPSA) is 72.2 Å². The molecule has 0 bridgehead atoms. The van der Waals surface area contributed by atoms with E-state index in [1.54, 1.807) is 0 Å².